The summed E-state index contributed by atoms with van der Waals surface area (Å²) in [4.78, 5) is 35.4. The summed E-state index contributed by atoms with van der Waals surface area (Å²) in [5.74, 6) is -0.0882. The van der Waals surface area contributed by atoms with Gasteiger partial charge in [0, 0.05) is 30.4 Å². The number of alkyl halides is 3. The van der Waals surface area contributed by atoms with Gasteiger partial charge in [0.05, 0.1) is 23.2 Å². The zero-order valence-electron chi connectivity index (χ0n) is 20.9. The summed E-state index contributed by atoms with van der Waals surface area (Å²) < 4.78 is 39.8. The Kier molecular flexibility index (Phi) is 7.14. The third-order valence-electron chi connectivity index (χ3n) is 6.75. The van der Waals surface area contributed by atoms with E-state index in [1.54, 1.807) is 4.90 Å². The number of carbonyl (C=O) groups is 2. The van der Waals surface area contributed by atoms with E-state index >= 15 is 0 Å². The first-order chi connectivity index (χ1) is 16.8. The first kappa shape index (κ1) is 26.1. The SMILES string of the molecule is CC(=O)N[C@@H]1C[C@H](NC(C)(C)C)CC[C@@H]1N1CC[C@H](Nc2ncnc3ccc(C(F)(F)F)cc23)C1=O. The molecule has 4 atom stereocenters. The van der Waals surface area contributed by atoms with Gasteiger partial charge in [0.2, 0.25) is 11.8 Å². The van der Waals surface area contributed by atoms with Crippen molar-refractivity contribution in [1.82, 2.24) is 25.5 Å². The number of hydrogen-bond acceptors (Lipinski definition) is 6. The van der Waals surface area contributed by atoms with Crippen molar-refractivity contribution in [3.63, 3.8) is 0 Å². The minimum absolute atomic E-state index is 0.0664. The van der Waals surface area contributed by atoms with Gasteiger partial charge in [-0.1, -0.05) is 0 Å². The highest BCUT2D eigenvalue weighted by atomic mass is 19.4. The van der Waals surface area contributed by atoms with Crippen molar-refractivity contribution in [2.75, 3.05) is 11.9 Å². The molecular weight excluding hydrogens is 473 g/mol. The molecule has 1 saturated heterocycles. The van der Waals surface area contributed by atoms with Crippen LogP contribution in [0.3, 0.4) is 0 Å². The zero-order valence-corrected chi connectivity index (χ0v) is 20.9. The molecule has 196 valence electrons. The van der Waals surface area contributed by atoms with Gasteiger partial charge in [-0.2, -0.15) is 13.2 Å². The van der Waals surface area contributed by atoms with Crippen LogP contribution in [0.1, 0.15) is 58.9 Å². The molecule has 2 heterocycles. The van der Waals surface area contributed by atoms with Crippen molar-refractivity contribution in [1.29, 1.82) is 0 Å². The number of nitrogens with zero attached hydrogens (tertiary/aromatic N) is 3. The number of hydrogen-bond donors (Lipinski definition) is 3. The van der Waals surface area contributed by atoms with Crippen LogP contribution in [0.2, 0.25) is 0 Å². The van der Waals surface area contributed by atoms with E-state index in [0.29, 0.717) is 24.9 Å². The average Bonchev–Trinajstić information content (AvgIpc) is 3.11. The zero-order chi connectivity index (χ0) is 26.3. The molecule has 2 aliphatic rings. The Balaban J connectivity index is 1.51. The molecular formula is C25H33F3N6O2. The number of aromatic nitrogens is 2. The number of nitrogens with one attached hydrogen (secondary N) is 3. The molecule has 11 heteroatoms. The summed E-state index contributed by atoms with van der Waals surface area (Å²) in [7, 11) is 0. The predicted molar refractivity (Wildman–Crippen MR) is 130 cm³/mol. The van der Waals surface area contributed by atoms with Crippen molar-refractivity contribution in [2.45, 2.75) is 89.3 Å². The molecule has 1 aromatic heterocycles. The van der Waals surface area contributed by atoms with Crippen LogP contribution in [0.15, 0.2) is 24.5 Å². The molecule has 2 fully saturated rings. The van der Waals surface area contributed by atoms with Crippen LogP contribution < -0.4 is 16.0 Å². The normalized spacial score (nSPS) is 25.3. The molecule has 2 amide bonds. The number of carbonyl (C=O) groups excluding carboxylic acids is 2. The van der Waals surface area contributed by atoms with E-state index in [1.165, 1.54) is 19.3 Å². The first-order valence-electron chi connectivity index (χ1n) is 12.3. The minimum atomic E-state index is -4.50. The molecule has 0 spiro atoms. The van der Waals surface area contributed by atoms with Crippen molar-refractivity contribution >= 4 is 28.5 Å². The van der Waals surface area contributed by atoms with Crippen LogP contribution in [0.5, 0.6) is 0 Å². The van der Waals surface area contributed by atoms with Gasteiger partial charge >= 0.3 is 6.18 Å². The van der Waals surface area contributed by atoms with E-state index in [0.717, 1.165) is 25.0 Å². The topological polar surface area (TPSA) is 99.2 Å². The second-order valence-corrected chi connectivity index (χ2v) is 10.7. The number of halogens is 3. The third-order valence-corrected chi connectivity index (χ3v) is 6.75. The van der Waals surface area contributed by atoms with Crippen molar-refractivity contribution < 1.29 is 22.8 Å². The van der Waals surface area contributed by atoms with Crippen LogP contribution in [0.25, 0.3) is 10.9 Å². The molecule has 36 heavy (non-hydrogen) atoms. The molecule has 0 radical (unpaired) electrons. The number of amides is 2. The maximum atomic E-state index is 13.4. The van der Waals surface area contributed by atoms with E-state index < -0.39 is 17.8 Å². The highest BCUT2D eigenvalue weighted by molar-refractivity contribution is 5.93. The summed E-state index contributed by atoms with van der Waals surface area (Å²) >= 11 is 0. The lowest BCUT2D eigenvalue weighted by molar-refractivity contribution is -0.137. The van der Waals surface area contributed by atoms with Gasteiger partial charge < -0.3 is 20.9 Å². The molecule has 3 N–H and O–H groups in total. The lowest BCUT2D eigenvalue weighted by Crippen LogP contribution is -2.59. The molecule has 1 aromatic carbocycles. The molecule has 4 rings (SSSR count). The van der Waals surface area contributed by atoms with Gasteiger partial charge in [0.15, 0.2) is 0 Å². The van der Waals surface area contributed by atoms with Crippen molar-refractivity contribution in [3.05, 3.63) is 30.1 Å². The Bertz CT molecular complexity index is 1130. The molecule has 0 bridgehead atoms. The molecule has 1 aliphatic carbocycles. The van der Waals surface area contributed by atoms with Crippen LogP contribution in [-0.2, 0) is 15.8 Å². The van der Waals surface area contributed by atoms with Crippen LogP contribution in [-0.4, -0.2) is 62.9 Å². The Morgan fingerprint density at radius 3 is 2.53 bits per heavy atom. The Hall–Kier alpha value is -2.95. The van der Waals surface area contributed by atoms with Gasteiger partial charge in [0.1, 0.15) is 18.2 Å². The minimum Gasteiger partial charge on any atom is -0.358 e. The van der Waals surface area contributed by atoms with Gasteiger partial charge in [0.25, 0.3) is 0 Å². The van der Waals surface area contributed by atoms with Gasteiger partial charge in [-0.05, 0) is 64.7 Å². The first-order valence-corrected chi connectivity index (χ1v) is 12.3. The maximum Gasteiger partial charge on any atom is 0.416 e. The maximum absolute atomic E-state index is 13.4. The molecule has 1 aliphatic heterocycles. The number of benzene rings is 1. The largest absolute Gasteiger partial charge is 0.416 e. The van der Waals surface area contributed by atoms with Crippen molar-refractivity contribution in [3.8, 4) is 0 Å². The second kappa shape index (κ2) is 9.84. The molecule has 1 saturated carbocycles. The van der Waals surface area contributed by atoms with E-state index in [4.69, 9.17) is 0 Å². The molecule has 2 aromatic rings. The van der Waals surface area contributed by atoms with E-state index in [1.807, 2.05) is 0 Å². The Morgan fingerprint density at radius 1 is 1.11 bits per heavy atom. The van der Waals surface area contributed by atoms with Gasteiger partial charge in [-0.3, -0.25) is 9.59 Å². The number of rotatable bonds is 5. The monoisotopic (exact) mass is 506 g/mol. The molecule has 8 nitrogen and oxygen atoms in total. The average molecular weight is 507 g/mol. The number of likely N-dealkylation sites (tertiary alicyclic amines) is 1. The summed E-state index contributed by atoms with van der Waals surface area (Å²) in [5, 5.41) is 9.91. The predicted octanol–water partition coefficient (Wildman–Crippen LogP) is 3.48. The fraction of sp³-hybridized carbons (Fsp3) is 0.600. The summed E-state index contributed by atoms with van der Waals surface area (Å²) in [6.07, 6.45) is -0.429. The lowest BCUT2D eigenvalue weighted by Gasteiger charge is -2.43. The quantitative estimate of drug-likeness (QED) is 0.575. The van der Waals surface area contributed by atoms with Crippen LogP contribution in [0, 0.1) is 0 Å². The second-order valence-electron chi connectivity index (χ2n) is 10.7. The molecule has 0 unspecified atom stereocenters. The van der Waals surface area contributed by atoms with Crippen LogP contribution in [0.4, 0.5) is 19.0 Å². The van der Waals surface area contributed by atoms with E-state index in [2.05, 4.69) is 46.7 Å². The summed E-state index contributed by atoms with van der Waals surface area (Å²) in [6.45, 7) is 8.26. The van der Waals surface area contributed by atoms with Crippen molar-refractivity contribution in [2.24, 2.45) is 0 Å². The van der Waals surface area contributed by atoms with Gasteiger partial charge in [-0.15, -0.1) is 0 Å². The third kappa shape index (κ3) is 5.88. The van der Waals surface area contributed by atoms with E-state index in [9.17, 15) is 22.8 Å². The fourth-order valence-electron chi connectivity index (χ4n) is 5.37. The number of anilines is 1. The lowest BCUT2D eigenvalue weighted by atomic mass is 9.84. The standard InChI is InChI=1S/C25H33F3N6O2/c1-14(35)31-20-12-16(33-24(2,3)4)6-8-21(20)34-10-9-19(23(34)36)32-22-17-11-15(25(26,27)28)5-7-18(17)29-13-30-22/h5,7,11,13,16,19-21,33H,6,8-10,12H2,1-4H3,(H,31,35)(H,29,30,32)/t16-,19+,20-,21+/m1/s1. The smallest absolute Gasteiger partial charge is 0.358 e. The number of fused-ring (bicyclic) bond motifs is 1. The Morgan fingerprint density at radius 2 is 1.86 bits per heavy atom. The van der Waals surface area contributed by atoms with E-state index in [-0.39, 0.29) is 46.7 Å². The highest BCUT2D eigenvalue weighted by Gasteiger charge is 2.42. The van der Waals surface area contributed by atoms with Crippen LogP contribution >= 0.6 is 0 Å². The van der Waals surface area contributed by atoms with Gasteiger partial charge in [-0.25, -0.2) is 9.97 Å². The highest BCUT2D eigenvalue weighted by Crippen LogP contribution is 2.34. The Labute approximate surface area is 208 Å². The summed E-state index contributed by atoms with van der Waals surface area (Å²) in [6, 6.07) is 2.55. The fourth-order valence-corrected chi connectivity index (χ4v) is 5.37. The summed E-state index contributed by atoms with van der Waals surface area (Å²) in [5.41, 5.74) is -0.507.